The third-order valence-corrected chi connectivity index (χ3v) is 2.13. The van der Waals surface area contributed by atoms with Crippen molar-refractivity contribution in [2.24, 2.45) is 5.84 Å². The number of hydrogen-bond donors (Lipinski definition) is 3. The first-order valence-electron chi connectivity index (χ1n) is 5.31. The highest BCUT2D eigenvalue weighted by atomic mass is 16.3. The number of nitrogens with zero attached hydrogens (tertiary/aromatic N) is 1. The van der Waals surface area contributed by atoms with Crippen molar-refractivity contribution in [1.82, 2.24) is 10.3 Å². The van der Waals surface area contributed by atoms with E-state index in [1.165, 1.54) is 6.26 Å². The van der Waals surface area contributed by atoms with Crippen LogP contribution in [-0.2, 0) is 6.54 Å². The molecule has 0 aromatic carbocycles. The Hall–Kier alpha value is -1.37. The van der Waals surface area contributed by atoms with Gasteiger partial charge in [0, 0.05) is 6.54 Å². The van der Waals surface area contributed by atoms with Crippen LogP contribution in [0.3, 0.4) is 0 Å². The number of rotatable bonds is 5. The second-order valence-electron chi connectivity index (χ2n) is 4.76. The van der Waals surface area contributed by atoms with Gasteiger partial charge in [-0.15, -0.1) is 0 Å². The highest BCUT2D eigenvalue weighted by Gasteiger charge is 2.17. The van der Waals surface area contributed by atoms with E-state index in [4.69, 9.17) is 10.3 Å². The molecule has 1 aromatic rings. The first kappa shape index (κ1) is 13.7. The molecule has 1 heterocycles. The second-order valence-corrected chi connectivity index (χ2v) is 4.76. The molecular weight excluding hydrogens is 222 g/mol. The molecule has 0 aliphatic rings. The van der Waals surface area contributed by atoms with E-state index in [-0.39, 0.29) is 5.91 Å². The summed E-state index contributed by atoms with van der Waals surface area (Å²) in [5.74, 6) is 5.28. The lowest BCUT2D eigenvalue weighted by atomic mass is 10.1. The second kappa shape index (κ2) is 5.31. The van der Waals surface area contributed by atoms with Crippen LogP contribution in [0, 0.1) is 0 Å². The molecule has 1 aromatic heterocycles. The van der Waals surface area contributed by atoms with Crippen molar-refractivity contribution >= 4 is 5.91 Å². The fourth-order valence-corrected chi connectivity index (χ4v) is 1.65. The summed E-state index contributed by atoms with van der Waals surface area (Å²) in [6.07, 6.45) is 1.36. The molecule has 1 amide bonds. The van der Waals surface area contributed by atoms with E-state index < -0.39 is 5.60 Å². The lowest BCUT2D eigenvalue weighted by Gasteiger charge is -2.24. The van der Waals surface area contributed by atoms with Crippen LogP contribution in [0.15, 0.2) is 16.7 Å². The molecule has 0 radical (unpaired) electrons. The molecule has 4 N–H and O–H groups in total. The minimum absolute atomic E-state index is 0.384. The lowest BCUT2D eigenvalue weighted by molar-refractivity contribution is 0.0407. The van der Waals surface area contributed by atoms with Crippen LogP contribution in [0.25, 0.3) is 0 Å². The smallest absolute Gasteiger partial charge is 0.268 e. The summed E-state index contributed by atoms with van der Waals surface area (Å²) in [4.78, 5) is 13.1. The number of amides is 1. The Morgan fingerprint density at radius 3 is 2.82 bits per heavy atom. The Morgan fingerprint density at radius 1 is 1.65 bits per heavy atom. The van der Waals surface area contributed by atoms with Crippen LogP contribution in [0.1, 0.15) is 30.0 Å². The van der Waals surface area contributed by atoms with E-state index in [1.54, 1.807) is 19.9 Å². The molecule has 0 fully saturated rings. The average molecular weight is 241 g/mol. The van der Waals surface area contributed by atoms with Gasteiger partial charge in [0.2, 0.25) is 0 Å². The summed E-state index contributed by atoms with van der Waals surface area (Å²) >= 11 is 0. The van der Waals surface area contributed by atoms with Crippen molar-refractivity contribution in [2.75, 3.05) is 13.6 Å². The number of carbonyl (C=O) groups excluding carboxylic acids is 1. The summed E-state index contributed by atoms with van der Waals surface area (Å²) in [5, 5.41) is 9.64. The zero-order chi connectivity index (χ0) is 13.1. The van der Waals surface area contributed by atoms with Crippen molar-refractivity contribution in [3.63, 3.8) is 0 Å². The minimum Gasteiger partial charge on any atom is -0.467 e. The van der Waals surface area contributed by atoms with Gasteiger partial charge in [-0.2, -0.15) is 0 Å². The van der Waals surface area contributed by atoms with Crippen LogP contribution in [-0.4, -0.2) is 35.1 Å². The summed E-state index contributed by atoms with van der Waals surface area (Å²) in [5.41, 5.74) is 1.66. The van der Waals surface area contributed by atoms with Crippen molar-refractivity contribution in [3.8, 4) is 0 Å². The van der Waals surface area contributed by atoms with Gasteiger partial charge in [-0.05, 0) is 27.0 Å². The van der Waals surface area contributed by atoms with E-state index in [0.29, 0.717) is 24.4 Å². The van der Waals surface area contributed by atoms with Crippen LogP contribution in [0.4, 0.5) is 0 Å². The monoisotopic (exact) mass is 241 g/mol. The maximum absolute atomic E-state index is 11.2. The molecule has 0 bridgehead atoms. The van der Waals surface area contributed by atoms with Crippen LogP contribution < -0.4 is 11.3 Å². The Balaban J connectivity index is 2.57. The normalized spacial score (nSPS) is 11.9. The zero-order valence-corrected chi connectivity index (χ0v) is 10.4. The molecule has 96 valence electrons. The quantitative estimate of drug-likeness (QED) is 0.386. The first-order valence-corrected chi connectivity index (χ1v) is 5.31. The largest absolute Gasteiger partial charge is 0.467 e. The number of furan rings is 1. The van der Waals surface area contributed by atoms with Gasteiger partial charge in [0.05, 0.1) is 17.7 Å². The highest BCUT2D eigenvalue weighted by Crippen LogP contribution is 2.11. The number of nitrogens with two attached hydrogens (primary N) is 1. The molecule has 0 aliphatic heterocycles. The van der Waals surface area contributed by atoms with Crippen molar-refractivity contribution in [2.45, 2.75) is 26.0 Å². The van der Waals surface area contributed by atoms with Crippen molar-refractivity contribution in [3.05, 3.63) is 23.7 Å². The average Bonchev–Trinajstić information content (AvgIpc) is 2.62. The molecule has 0 atom stereocenters. The van der Waals surface area contributed by atoms with E-state index in [9.17, 15) is 9.90 Å². The lowest BCUT2D eigenvalue weighted by Crippen LogP contribution is -2.35. The number of likely N-dealkylation sites (N-methyl/N-ethyl adjacent to an activating group) is 1. The number of aliphatic hydroxyl groups is 1. The number of nitrogen functional groups attached to an aromatic ring is 1. The Morgan fingerprint density at radius 2 is 2.29 bits per heavy atom. The van der Waals surface area contributed by atoms with Gasteiger partial charge in [0.15, 0.2) is 0 Å². The highest BCUT2D eigenvalue weighted by molar-refractivity contribution is 5.93. The van der Waals surface area contributed by atoms with E-state index in [2.05, 4.69) is 0 Å². The molecule has 17 heavy (non-hydrogen) atoms. The SMILES string of the molecule is CN(Cc1cc(C(=O)NN)co1)CC(C)(C)O. The summed E-state index contributed by atoms with van der Waals surface area (Å²) < 4.78 is 5.23. The van der Waals surface area contributed by atoms with Gasteiger partial charge >= 0.3 is 0 Å². The first-order chi connectivity index (χ1) is 7.81. The standard InChI is InChI=1S/C11H19N3O3/c1-11(2,16)7-14(3)5-9-4-8(6-17-9)10(15)13-12/h4,6,16H,5,7,12H2,1-3H3,(H,13,15). The number of hydrogen-bond acceptors (Lipinski definition) is 5. The third kappa shape index (κ3) is 4.56. The molecule has 0 aliphatic carbocycles. The number of nitrogens with one attached hydrogen (secondary N) is 1. The zero-order valence-electron chi connectivity index (χ0n) is 10.4. The predicted octanol–water partition coefficient (Wildman–Crippen LogP) is 0.0858. The van der Waals surface area contributed by atoms with Gasteiger partial charge in [-0.3, -0.25) is 15.1 Å². The topological polar surface area (TPSA) is 91.7 Å². The van der Waals surface area contributed by atoms with Crippen LogP contribution in [0.5, 0.6) is 0 Å². The molecule has 6 nitrogen and oxygen atoms in total. The number of carbonyl (C=O) groups is 1. The van der Waals surface area contributed by atoms with Crippen molar-refractivity contribution < 1.29 is 14.3 Å². The predicted molar refractivity (Wildman–Crippen MR) is 63.0 cm³/mol. The molecule has 0 spiro atoms. The van der Waals surface area contributed by atoms with Gasteiger partial charge < -0.3 is 9.52 Å². The maximum atomic E-state index is 11.2. The molecular formula is C11H19N3O3. The van der Waals surface area contributed by atoms with Gasteiger partial charge in [0.25, 0.3) is 5.91 Å². The van der Waals surface area contributed by atoms with Crippen LogP contribution >= 0.6 is 0 Å². The van der Waals surface area contributed by atoms with E-state index >= 15 is 0 Å². The van der Waals surface area contributed by atoms with Gasteiger partial charge in [-0.1, -0.05) is 0 Å². The van der Waals surface area contributed by atoms with E-state index in [1.807, 2.05) is 17.4 Å². The Labute approximate surface area is 100 Å². The fourth-order valence-electron chi connectivity index (χ4n) is 1.65. The van der Waals surface area contributed by atoms with Gasteiger partial charge in [0.1, 0.15) is 12.0 Å². The molecule has 1 rings (SSSR count). The molecule has 0 saturated carbocycles. The summed E-state index contributed by atoms with van der Waals surface area (Å²) in [6, 6.07) is 1.63. The molecule has 0 saturated heterocycles. The number of hydrazine groups is 1. The Bertz CT molecular complexity index is 382. The fraction of sp³-hybridized carbons (Fsp3) is 0.545. The summed E-state index contributed by atoms with van der Waals surface area (Å²) in [7, 11) is 1.86. The van der Waals surface area contributed by atoms with Crippen molar-refractivity contribution in [1.29, 1.82) is 0 Å². The Kier molecular flexibility index (Phi) is 4.28. The summed E-state index contributed by atoms with van der Waals surface area (Å²) in [6.45, 7) is 4.49. The van der Waals surface area contributed by atoms with E-state index in [0.717, 1.165) is 0 Å². The van der Waals surface area contributed by atoms with Gasteiger partial charge in [-0.25, -0.2) is 5.84 Å². The third-order valence-electron chi connectivity index (χ3n) is 2.13. The minimum atomic E-state index is -0.765. The molecule has 6 heteroatoms. The maximum Gasteiger partial charge on any atom is 0.268 e. The molecule has 0 unspecified atom stereocenters. The van der Waals surface area contributed by atoms with Crippen LogP contribution in [0.2, 0.25) is 0 Å².